The summed E-state index contributed by atoms with van der Waals surface area (Å²) in [7, 11) is -1.63. The largest absolute Gasteiger partial charge is 0.452 e. The number of aromatic nitrogens is 1. The molecule has 0 radical (unpaired) electrons. The number of benzene rings is 1. The quantitative estimate of drug-likeness (QED) is 0.615. The third-order valence-corrected chi connectivity index (χ3v) is 6.92. The van der Waals surface area contributed by atoms with Crippen LogP contribution in [0.4, 0.5) is 0 Å². The number of ether oxygens (including phenoxy) is 1. The summed E-state index contributed by atoms with van der Waals surface area (Å²) in [5.41, 5.74) is 0.811. The Balaban J connectivity index is 1.57. The van der Waals surface area contributed by atoms with Gasteiger partial charge in [0.2, 0.25) is 0 Å². The number of likely N-dealkylation sites (N-methyl/N-ethyl adjacent to an activating group) is 1. The molecule has 1 aromatic heterocycles. The first-order chi connectivity index (χ1) is 13.6. The molecule has 1 aliphatic heterocycles. The molecule has 158 valence electrons. The van der Waals surface area contributed by atoms with E-state index in [-0.39, 0.29) is 24.5 Å². The minimum Gasteiger partial charge on any atom is -0.452 e. The molecular weight excluding hydrogens is 424 g/mol. The monoisotopic (exact) mass is 444 g/mol. The number of fused-ring (bicyclic) bond motifs is 1. The number of aryl methyl sites for hydroxylation is 1. The highest BCUT2D eigenvalue weighted by Crippen LogP contribution is 2.19. The summed E-state index contributed by atoms with van der Waals surface area (Å²) >= 11 is 5.87. The molecule has 9 nitrogen and oxygen atoms in total. The normalized spacial score (nSPS) is 19.2. The molecule has 1 amide bonds. The molecule has 29 heavy (non-hydrogen) atoms. The lowest BCUT2D eigenvalue weighted by Gasteiger charge is -2.26. The van der Waals surface area contributed by atoms with E-state index in [0.29, 0.717) is 22.5 Å². The van der Waals surface area contributed by atoms with Crippen LogP contribution >= 0.6 is 11.6 Å². The Kier molecular flexibility index (Phi) is 6.04. The predicted octanol–water partition coefficient (Wildman–Crippen LogP) is 1.22. The minimum atomic E-state index is -3.13. The molecule has 3 rings (SSSR count). The Morgan fingerprint density at radius 2 is 2.14 bits per heavy atom. The summed E-state index contributed by atoms with van der Waals surface area (Å²) in [5.74, 6) is -1.80. The molecular formula is C18H21ClN2O7S. The average molecular weight is 445 g/mol. The lowest BCUT2D eigenvalue weighted by molar-refractivity contribution is -0.159. The first-order valence-corrected chi connectivity index (χ1v) is 11.2. The van der Waals surface area contributed by atoms with E-state index >= 15 is 0 Å². The standard InChI is InChI=1S/C18H21ClN2O7S/c1-11(17(23)20(2)13-6-8-29(25,26)10-13)27-16(22)5-7-21-14-4-3-12(19)9-15(14)28-18(21)24/h3-4,9,11,13H,5-8,10H2,1-2H3/t11-,13-/m0/s1. The molecule has 1 saturated heterocycles. The molecule has 11 heteroatoms. The Bertz CT molecular complexity index is 1110. The number of esters is 1. The van der Waals surface area contributed by atoms with E-state index in [1.807, 2.05) is 0 Å². The number of oxazole rings is 1. The van der Waals surface area contributed by atoms with E-state index in [4.69, 9.17) is 20.8 Å². The Morgan fingerprint density at radius 3 is 2.79 bits per heavy atom. The van der Waals surface area contributed by atoms with Gasteiger partial charge < -0.3 is 14.1 Å². The molecule has 0 aliphatic carbocycles. The number of carbonyl (C=O) groups is 2. The second-order valence-electron chi connectivity index (χ2n) is 7.02. The number of nitrogens with zero attached hydrogens (tertiary/aromatic N) is 2. The number of rotatable bonds is 6. The van der Waals surface area contributed by atoms with Crippen molar-refractivity contribution in [2.75, 3.05) is 18.6 Å². The van der Waals surface area contributed by atoms with E-state index in [2.05, 4.69) is 0 Å². The molecule has 0 N–H and O–H groups in total. The highest BCUT2D eigenvalue weighted by Gasteiger charge is 2.34. The van der Waals surface area contributed by atoms with Crippen LogP contribution in [0, 0.1) is 0 Å². The number of sulfone groups is 1. The van der Waals surface area contributed by atoms with Crippen molar-refractivity contribution in [1.29, 1.82) is 0 Å². The van der Waals surface area contributed by atoms with Gasteiger partial charge in [-0.2, -0.15) is 0 Å². The lowest BCUT2D eigenvalue weighted by atomic mass is 10.2. The minimum absolute atomic E-state index is 0.0178. The second-order valence-corrected chi connectivity index (χ2v) is 9.68. The zero-order chi connectivity index (χ0) is 21.3. The number of hydrogen-bond donors (Lipinski definition) is 0. The zero-order valence-corrected chi connectivity index (χ0v) is 17.5. The summed E-state index contributed by atoms with van der Waals surface area (Å²) in [6, 6.07) is 4.31. The number of carbonyl (C=O) groups excluding carboxylic acids is 2. The van der Waals surface area contributed by atoms with Crippen molar-refractivity contribution in [1.82, 2.24) is 9.47 Å². The summed E-state index contributed by atoms with van der Waals surface area (Å²) in [6.07, 6.45) is -0.838. The highest BCUT2D eigenvalue weighted by atomic mass is 35.5. The fourth-order valence-electron chi connectivity index (χ4n) is 3.31. The molecule has 2 atom stereocenters. The Labute approximate surface area is 172 Å². The van der Waals surface area contributed by atoms with Gasteiger partial charge in [-0.3, -0.25) is 14.2 Å². The lowest BCUT2D eigenvalue weighted by Crippen LogP contribution is -2.44. The van der Waals surface area contributed by atoms with Crippen molar-refractivity contribution < 1.29 is 27.2 Å². The number of amides is 1. The molecule has 2 heterocycles. The maximum atomic E-state index is 12.4. The first-order valence-electron chi connectivity index (χ1n) is 9.03. The van der Waals surface area contributed by atoms with Gasteiger partial charge in [0.15, 0.2) is 21.5 Å². The van der Waals surface area contributed by atoms with Crippen molar-refractivity contribution in [2.45, 2.75) is 38.5 Å². The first kappa shape index (κ1) is 21.4. The van der Waals surface area contributed by atoms with Gasteiger partial charge in [-0.15, -0.1) is 0 Å². The van der Waals surface area contributed by atoms with Crippen molar-refractivity contribution in [3.63, 3.8) is 0 Å². The van der Waals surface area contributed by atoms with Crippen LogP contribution in [-0.4, -0.2) is 60.5 Å². The maximum absolute atomic E-state index is 12.4. The van der Waals surface area contributed by atoms with Crippen molar-refractivity contribution in [3.8, 4) is 0 Å². The fourth-order valence-corrected chi connectivity index (χ4v) is 5.25. The van der Waals surface area contributed by atoms with Gasteiger partial charge in [0, 0.05) is 30.7 Å². The van der Waals surface area contributed by atoms with Gasteiger partial charge in [-0.05, 0) is 25.5 Å². The third-order valence-electron chi connectivity index (χ3n) is 4.93. The fraction of sp³-hybridized carbons (Fsp3) is 0.500. The van der Waals surface area contributed by atoms with Gasteiger partial charge in [0.25, 0.3) is 5.91 Å². The maximum Gasteiger partial charge on any atom is 0.419 e. The van der Waals surface area contributed by atoms with Gasteiger partial charge in [0.05, 0.1) is 23.4 Å². The Hall–Kier alpha value is -2.33. The van der Waals surface area contributed by atoms with E-state index < -0.39 is 39.6 Å². The van der Waals surface area contributed by atoms with Gasteiger partial charge >= 0.3 is 11.7 Å². The zero-order valence-electron chi connectivity index (χ0n) is 16.0. The third kappa shape index (κ3) is 4.81. The molecule has 1 fully saturated rings. The van der Waals surface area contributed by atoms with Crippen LogP contribution in [0.3, 0.4) is 0 Å². The van der Waals surface area contributed by atoms with Crippen molar-refractivity contribution in [3.05, 3.63) is 33.8 Å². The molecule has 1 aromatic carbocycles. The summed E-state index contributed by atoms with van der Waals surface area (Å²) in [6.45, 7) is 1.45. The van der Waals surface area contributed by atoms with E-state index in [1.54, 1.807) is 12.1 Å². The van der Waals surface area contributed by atoms with Crippen LogP contribution in [0.1, 0.15) is 19.8 Å². The van der Waals surface area contributed by atoms with Gasteiger partial charge in [-0.1, -0.05) is 11.6 Å². The van der Waals surface area contributed by atoms with Crippen LogP contribution in [0.15, 0.2) is 27.4 Å². The van der Waals surface area contributed by atoms with Crippen LogP contribution in [-0.2, 0) is 30.7 Å². The Morgan fingerprint density at radius 1 is 1.41 bits per heavy atom. The molecule has 0 saturated carbocycles. The number of hydrogen-bond acceptors (Lipinski definition) is 7. The van der Waals surface area contributed by atoms with E-state index in [0.717, 1.165) is 0 Å². The summed E-state index contributed by atoms with van der Waals surface area (Å²) < 4.78 is 34.7. The SMILES string of the molecule is C[C@H](OC(=O)CCn1c(=O)oc2cc(Cl)ccc21)C(=O)N(C)[C@H]1CCS(=O)(=O)C1. The predicted molar refractivity (Wildman–Crippen MR) is 105 cm³/mol. The second kappa shape index (κ2) is 8.19. The number of halogens is 1. The summed E-state index contributed by atoms with van der Waals surface area (Å²) in [4.78, 5) is 37.9. The van der Waals surface area contributed by atoms with Crippen molar-refractivity contribution in [2.24, 2.45) is 0 Å². The van der Waals surface area contributed by atoms with Crippen LogP contribution < -0.4 is 5.76 Å². The van der Waals surface area contributed by atoms with E-state index in [1.165, 1.54) is 29.5 Å². The van der Waals surface area contributed by atoms with E-state index in [9.17, 15) is 22.8 Å². The molecule has 0 spiro atoms. The molecule has 2 aromatic rings. The van der Waals surface area contributed by atoms with Crippen molar-refractivity contribution >= 4 is 44.4 Å². The topological polar surface area (TPSA) is 116 Å². The van der Waals surface area contributed by atoms with Gasteiger partial charge in [0.1, 0.15) is 0 Å². The average Bonchev–Trinajstić information content (AvgIpc) is 3.16. The highest BCUT2D eigenvalue weighted by molar-refractivity contribution is 7.91. The van der Waals surface area contributed by atoms with Crippen LogP contribution in [0.5, 0.6) is 0 Å². The summed E-state index contributed by atoms with van der Waals surface area (Å²) in [5, 5.41) is 0.421. The molecule has 0 unspecified atom stereocenters. The van der Waals surface area contributed by atoms with Crippen LogP contribution in [0.2, 0.25) is 5.02 Å². The smallest absolute Gasteiger partial charge is 0.419 e. The van der Waals surface area contributed by atoms with Crippen LogP contribution in [0.25, 0.3) is 11.1 Å². The molecule has 1 aliphatic rings. The van der Waals surface area contributed by atoms with Gasteiger partial charge in [-0.25, -0.2) is 13.2 Å². The molecule has 0 bridgehead atoms.